The van der Waals surface area contributed by atoms with Gasteiger partial charge in [0.1, 0.15) is 0 Å². The smallest absolute Gasteiger partial charge is 0.0322 e. The molecule has 0 aromatic heterocycles. The third-order valence-electron chi connectivity index (χ3n) is 4.93. The number of rotatable bonds is 4. The summed E-state index contributed by atoms with van der Waals surface area (Å²) in [5.41, 5.74) is 2.88. The third-order valence-corrected chi connectivity index (χ3v) is 4.93. The monoisotopic (exact) mass is 260 g/mol. The van der Waals surface area contributed by atoms with Crippen molar-refractivity contribution in [3.05, 3.63) is 35.4 Å². The Hall–Kier alpha value is -0.860. The highest BCUT2D eigenvalue weighted by molar-refractivity contribution is 5.28. The van der Waals surface area contributed by atoms with E-state index in [-0.39, 0.29) is 0 Å². The Morgan fingerprint density at radius 2 is 1.79 bits per heavy atom. The molecule has 106 valence electrons. The van der Waals surface area contributed by atoms with Gasteiger partial charge in [-0.05, 0) is 64.8 Å². The number of aryl methyl sites for hydroxylation is 1. The summed E-state index contributed by atoms with van der Waals surface area (Å²) in [7, 11) is 4.38. The highest BCUT2D eigenvalue weighted by Gasteiger charge is 2.26. The molecule has 0 saturated heterocycles. The fraction of sp³-hybridized carbons (Fsp3) is 0.647. The van der Waals surface area contributed by atoms with Crippen molar-refractivity contribution in [3.8, 4) is 0 Å². The van der Waals surface area contributed by atoms with Crippen molar-refractivity contribution in [1.82, 2.24) is 10.2 Å². The number of hydrogen-bond acceptors (Lipinski definition) is 2. The van der Waals surface area contributed by atoms with E-state index in [1.54, 1.807) is 0 Å². The summed E-state index contributed by atoms with van der Waals surface area (Å²) in [4.78, 5) is 2.58. The molecule has 0 heterocycles. The second-order valence-corrected chi connectivity index (χ2v) is 5.99. The van der Waals surface area contributed by atoms with Crippen molar-refractivity contribution < 1.29 is 0 Å². The molecule has 0 aliphatic heterocycles. The van der Waals surface area contributed by atoms with E-state index in [0.717, 1.165) is 12.1 Å². The molecule has 1 aromatic carbocycles. The lowest BCUT2D eigenvalue weighted by Gasteiger charge is -2.38. The van der Waals surface area contributed by atoms with Gasteiger partial charge in [-0.25, -0.2) is 0 Å². The summed E-state index contributed by atoms with van der Waals surface area (Å²) >= 11 is 0. The standard InChI is InChI=1S/C17H28N2/c1-13-7-5-6-8-17(13)14(2)19(4)16-11-9-15(18-3)10-12-16/h5-8,14-16,18H,9-12H2,1-4H3. The Morgan fingerprint density at radius 1 is 1.16 bits per heavy atom. The minimum absolute atomic E-state index is 0.511. The molecule has 19 heavy (non-hydrogen) atoms. The Kier molecular flexibility index (Phi) is 5.00. The predicted molar refractivity (Wildman–Crippen MR) is 82.5 cm³/mol. The molecule has 0 radical (unpaired) electrons. The summed E-state index contributed by atoms with van der Waals surface area (Å²) in [6.07, 6.45) is 5.26. The van der Waals surface area contributed by atoms with Crippen LogP contribution in [0.4, 0.5) is 0 Å². The second kappa shape index (κ2) is 6.53. The maximum absolute atomic E-state index is 3.41. The van der Waals surface area contributed by atoms with Crippen LogP contribution in [0.2, 0.25) is 0 Å². The quantitative estimate of drug-likeness (QED) is 0.891. The van der Waals surface area contributed by atoms with Crippen LogP contribution in [-0.4, -0.2) is 31.1 Å². The summed E-state index contributed by atoms with van der Waals surface area (Å²) in [5, 5.41) is 3.41. The highest BCUT2D eigenvalue weighted by atomic mass is 15.2. The molecule has 0 amide bonds. The molecule has 1 aromatic rings. The Bertz CT molecular complexity index is 394. The van der Waals surface area contributed by atoms with Gasteiger partial charge in [0.25, 0.3) is 0 Å². The number of hydrogen-bond donors (Lipinski definition) is 1. The van der Waals surface area contributed by atoms with Crippen molar-refractivity contribution in [2.45, 2.75) is 57.7 Å². The van der Waals surface area contributed by atoms with Gasteiger partial charge in [0.05, 0.1) is 0 Å². The van der Waals surface area contributed by atoms with Crippen LogP contribution in [0, 0.1) is 6.92 Å². The molecule has 1 N–H and O–H groups in total. The van der Waals surface area contributed by atoms with E-state index >= 15 is 0 Å². The summed E-state index contributed by atoms with van der Waals surface area (Å²) in [6.45, 7) is 4.56. The molecule has 0 bridgehead atoms. The minimum Gasteiger partial charge on any atom is -0.317 e. The van der Waals surface area contributed by atoms with Gasteiger partial charge in [-0.1, -0.05) is 24.3 Å². The van der Waals surface area contributed by atoms with Crippen molar-refractivity contribution in [2.75, 3.05) is 14.1 Å². The molecule has 1 unspecified atom stereocenters. The zero-order chi connectivity index (χ0) is 13.8. The number of benzene rings is 1. The molecule has 2 rings (SSSR count). The molecule has 1 aliphatic rings. The van der Waals surface area contributed by atoms with Crippen LogP contribution < -0.4 is 5.32 Å². The minimum atomic E-state index is 0.511. The lowest BCUT2D eigenvalue weighted by molar-refractivity contribution is 0.136. The average Bonchev–Trinajstić information content (AvgIpc) is 2.46. The maximum atomic E-state index is 3.41. The van der Waals surface area contributed by atoms with Gasteiger partial charge < -0.3 is 5.32 Å². The van der Waals surface area contributed by atoms with E-state index in [4.69, 9.17) is 0 Å². The Morgan fingerprint density at radius 3 is 2.37 bits per heavy atom. The molecule has 1 fully saturated rings. The van der Waals surface area contributed by atoms with Gasteiger partial charge in [0, 0.05) is 18.1 Å². The highest BCUT2D eigenvalue weighted by Crippen LogP contribution is 2.29. The van der Waals surface area contributed by atoms with Gasteiger partial charge in [-0.3, -0.25) is 4.90 Å². The van der Waals surface area contributed by atoms with E-state index in [1.807, 2.05) is 0 Å². The molecule has 1 saturated carbocycles. The molecule has 0 spiro atoms. The molecule has 2 heteroatoms. The third kappa shape index (κ3) is 3.37. The van der Waals surface area contributed by atoms with Gasteiger partial charge >= 0.3 is 0 Å². The fourth-order valence-electron chi connectivity index (χ4n) is 3.36. The fourth-order valence-corrected chi connectivity index (χ4v) is 3.36. The maximum Gasteiger partial charge on any atom is 0.0322 e. The zero-order valence-electron chi connectivity index (χ0n) is 12.8. The van der Waals surface area contributed by atoms with Gasteiger partial charge in [0.2, 0.25) is 0 Å². The number of nitrogens with one attached hydrogen (secondary N) is 1. The molecule has 1 atom stereocenters. The van der Waals surface area contributed by atoms with E-state index in [2.05, 4.69) is 62.4 Å². The van der Waals surface area contributed by atoms with Crippen LogP contribution in [0.1, 0.15) is 49.8 Å². The largest absolute Gasteiger partial charge is 0.317 e. The van der Waals surface area contributed by atoms with Crippen LogP contribution in [0.25, 0.3) is 0 Å². The lowest BCUT2D eigenvalue weighted by atomic mass is 9.89. The van der Waals surface area contributed by atoms with Gasteiger partial charge in [-0.2, -0.15) is 0 Å². The first-order valence-corrected chi connectivity index (χ1v) is 7.58. The molecular weight excluding hydrogens is 232 g/mol. The van der Waals surface area contributed by atoms with E-state index < -0.39 is 0 Å². The normalized spacial score (nSPS) is 25.5. The first kappa shape index (κ1) is 14.5. The topological polar surface area (TPSA) is 15.3 Å². The number of nitrogens with zero attached hydrogens (tertiary/aromatic N) is 1. The van der Waals surface area contributed by atoms with Crippen LogP contribution >= 0.6 is 0 Å². The Balaban J connectivity index is 2.00. The van der Waals surface area contributed by atoms with Crippen molar-refractivity contribution >= 4 is 0 Å². The summed E-state index contributed by atoms with van der Waals surface area (Å²) in [6, 6.07) is 10.8. The van der Waals surface area contributed by atoms with Gasteiger partial charge in [0.15, 0.2) is 0 Å². The first-order chi connectivity index (χ1) is 9.13. The first-order valence-electron chi connectivity index (χ1n) is 7.58. The summed E-state index contributed by atoms with van der Waals surface area (Å²) in [5.74, 6) is 0. The van der Waals surface area contributed by atoms with Crippen LogP contribution in [0.15, 0.2) is 24.3 Å². The SMILES string of the molecule is CNC1CCC(N(C)C(C)c2ccccc2C)CC1. The van der Waals surface area contributed by atoms with E-state index in [0.29, 0.717) is 6.04 Å². The average molecular weight is 260 g/mol. The van der Waals surface area contributed by atoms with Crippen LogP contribution in [0.3, 0.4) is 0 Å². The van der Waals surface area contributed by atoms with Crippen molar-refractivity contribution in [3.63, 3.8) is 0 Å². The summed E-state index contributed by atoms with van der Waals surface area (Å²) < 4.78 is 0. The van der Waals surface area contributed by atoms with Crippen molar-refractivity contribution in [2.24, 2.45) is 0 Å². The Labute approximate surface area is 118 Å². The van der Waals surface area contributed by atoms with Crippen molar-refractivity contribution in [1.29, 1.82) is 0 Å². The lowest BCUT2D eigenvalue weighted by Crippen LogP contribution is -2.40. The van der Waals surface area contributed by atoms with E-state index in [9.17, 15) is 0 Å². The van der Waals surface area contributed by atoms with Crippen LogP contribution in [-0.2, 0) is 0 Å². The predicted octanol–water partition coefficient (Wildman–Crippen LogP) is 3.52. The molecule has 2 nitrogen and oxygen atoms in total. The molecular formula is C17H28N2. The van der Waals surface area contributed by atoms with Crippen LogP contribution in [0.5, 0.6) is 0 Å². The van der Waals surface area contributed by atoms with E-state index in [1.165, 1.54) is 36.8 Å². The molecule has 1 aliphatic carbocycles. The zero-order valence-corrected chi connectivity index (χ0v) is 12.8. The second-order valence-electron chi connectivity index (χ2n) is 5.99. The van der Waals surface area contributed by atoms with Gasteiger partial charge in [-0.15, -0.1) is 0 Å².